The average Bonchev–Trinajstić information content (AvgIpc) is 2.83. The Morgan fingerprint density at radius 1 is 0.706 bits per heavy atom. The fraction of sp³-hybridized carbons (Fsp3) is 0.864. The highest BCUT2D eigenvalue weighted by atomic mass is 79.9. The molecule has 11 nitrogen and oxygen atoms in total. The number of carbonyl (C=O) groups excluding carboxylic acids is 3. The van der Waals surface area contributed by atoms with Crippen molar-refractivity contribution in [1.29, 1.82) is 0 Å². The van der Waals surface area contributed by atoms with Crippen LogP contribution in [0.5, 0.6) is 0 Å². The minimum atomic E-state index is -0.753. The molecular weight excluding hydrogens is 516 g/mol. The third-order valence-electron chi connectivity index (χ3n) is 4.32. The highest BCUT2D eigenvalue weighted by molar-refractivity contribution is 9.09. The Labute approximate surface area is 210 Å². The van der Waals surface area contributed by atoms with Gasteiger partial charge in [-0.15, -0.1) is 0 Å². The van der Waals surface area contributed by atoms with E-state index in [-0.39, 0.29) is 30.2 Å². The molecule has 0 heterocycles. The van der Waals surface area contributed by atoms with Gasteiger partial charge in [0, 0.05) is 13.0 Å². The fourth-order valence-corrected chi connectivity index (χ4v) is 2.49. The van der Waals surface area contributed by atoms with E-state index < -0.39 is 17.6 Å². The summed E-state index contributed by atoms with van der Waals surface area (Å²) in [5.41, 5.74) is 5.68. The number of amides is 1. The van der Waals surface area contributed by atoms with E-state index in [1.807, 2.05) is 0 Å². The van der Waals surface area contributed by atoms with E-state index in [1.54, 1.807) is 13.8 Å². The highest BCUT2D eigenvalue weighted by Crippen LogP contribution is 2.02. The van der Waals surface area contributed by atoms with Crippen LogP contribution >= 0.6 is 15.9 Å². The van der Waals surface area contributed by atoms with Crippen molar-refractivity contribution < 1.29 is 42.8 Å². The molecule has 0 bridgehead atoms. The van der Waals surface area contributed by atoms with Crippen LogP contribution in [0.4, 0.5) is 0 Å². The Kier molecular flexibility index (Phi) is 23.0. The van der Waals surface area contributed by atoms with Gasteiger partial charge in [0.25, 0.3) is 0 Å². The maximum Gasteiger partial charge on any atom is 0.230 e. The molecule has 0 saturated heterocycles. The fourth-order valence-electron chi connectivity index (χ4n) is 2.29. The van der Waals surface area contributed by atoms with Crippen molar-refractivity contribution in [3.05, 3.63) is 0 Å². The molecule has 3 N–H and O–H groups in total. The predicted molar refractivity (Wildman–Crippen MR) is 129 cm³/mol. The number of ether oxygens (including phenoxy) is 6. The maximum atomic E-state index is 11.7. The number of nitrogens with two attached hydrogens (primary N) is 1. The molecule has 0 aromatic heterocycles. The molecule has 0 rings (SSSR count). The summed E-state index contributed by atoms with van der Waals surface area (Å²) in [6.45, 7) is 9.05. The van der Waals surface area contributed by atoms with Gasteiger partial charge in [0.2, 0.25) is 17.5 Å². The van der Waals surface area contributed by atoms with Gasteiger partial charge in [-0.2, -0.15) is 0 Å². The molecule has 0 aliphatic heterocycles. The molecule has 0 radical (unpaired) electrons. The van der Waals surface area contributed by atoms with Gasteiger partial charge >= 0.3 is 0 Å². The van der Waals surface area contributed by atoms with Crippen molar-refractivity contribution in [3.8, 4) is 0 Å². The van der Waals surface area contributed by atoms with E-state index in [0.717, 1.165) is 0 Å². The van der Waals surface area contributed by atoms with Gasteiger partial charge in [0.1, 0.15) is 0 Å². The lowest BCUT2D eigenvalue weighted by atomic mass is 9.97. The molecule has 34 heavy (non-hydrogen) atoms. The topological polar surface area (TPSA) is 145 Å². The zero-order valence-electron chi connectivity index (χ0n) is 20.4. The summed E-state index contributed by atoms with van der Waals surface area (Å²) in [5.74, 6) is -1.17. The van der Waals surface area contributed by atoms with Gasteiger partial charge < -0.3 is 39.5 Å². The van der Waals surface area contributed by atoms with E-state index in [0.29, 0.717) is 79.2 Å². The summed E-state index contributed by atoms with van der Waals surface area (Å²) >= 11 is 3.06. The molecule has 0 aromatic rings. The average molecular weight is 557 g/mol. The number of alkyl halides is 1. The van der Waals surface area contributed by atoms with Crippen LogP contribution in [-0.2, 0) is 42.8 Å². The van der Waals surface area contributed by atoms with Gasteiger partial charge in [-0.3, -0.25) is 14.4 Å². The number of nitrogens with one attached hydrogen (secondary N) is 1. The lowest BCUT2D eigenvalue weighted by Gasteiger charge is -2.13. The molecule has 0 spiro atoms. The monoisotopic (exact) mass is 556 g/mol. The minimum absolute atomic E-state index is 0.0277. The van der Waals surface area contributed by atoms with Crippen LogP contribution in [0.25, 0.3) is 0 Å². The first kappa shape index (κ1) is 33.0. The lowest BCUT2D eigenvalue weighted by Crippen LogP contribution is -2.40. The molecule has 0 aromatic carbocycles. The maximum absolute atomic E-state index is 11.7. The number of hydrogen-bond donors (Lipinski definition) is 2. The van der Waals surface area contributed by atoms with Gasteiger partial charge in [0.05, 0.1) is 90.7 Å². The first-order valence-electron chi connectivity index (χ1n) is 11.5. The number of rotatable bonds is 25. The van der Waals surface area contributed by atoms with E-state index in [4.69, 9.17) is 34.2 Å². The summed E-state index contributed by atoms with van der Waals surface area (Å²) in [4.78, 5) is 34.4. The third-order valence-corrected chi connectivity index (χ3v) is 4.83. The van der Waals surface area contributed by atoms with Crippen LogP contribution in [-0.4, -0.2) is 115 Å². The van der Waals surface area contributed by atoms with Crippen molar-refractivity contribution in [2.45, 2.75) is 26.3 Å². The molecule has 0 aliphatic carbocycles. The molecule has 1 atom stereocenters. The van der Waals surface area contributed by atoms with Crippen LogP contribution in [0.3, 0.4) is 0 Å². The van der Waals surface area contributed by atoms with Crippen molar-refractivity contribution in [2.75, 3.05) is 91.2 Å². The Hall–Kier alpha value is -0.990. The number of hydrogen-bond acceptors (Lipinski definition) is 10. The quantitative estimate of drug-likeness (QED) is 0.0902. The molecule has 0 saturated carbocycles. The summed E-state index contributed by atoms with van der Waals surface area (Å²) in [6, 6.07) is -0.753. The highest BCUT2D eigenvalue weighted by Gasteiger charge is 2.23. The normalized spacial score (nSPS) is 12.1. The summed E-state index contributed by atoms with van der Waals surface area (Å²) < 4.78 is 32.1. The molecule has 1 unspecified atom stereocenters. The Balaban J connectivity index is 3.24. The van der Waals surface area contributed by atoms with Crippen LogP contribution in [0.1, 0.15) is 20.3 Å². The van der Waals surface area contributed by atoms with Gasteiger partial charge in [0.15, 0.2) is 0 Å². The molecule has 0 aliphatic rings. The Morgan fingerprint density at radius 3 is 1.47 bits per heavy atom. The van der Waals surface area contributed by atoms with Crippen molar-refractivity contribution >= 4 is 33.4 Å². The second-order valence-corrected chi connectivity index (χ2v) is 8.03. The first-order valence-corrected chi connectivity index (χ1v) is 12.6. The van der Waals surface area contributed by atoms with Crippen LogP contribution in [0.15, 0.2) is 0 Å². The van der Waals surface area contributed by atoms with Gasteiger partial charge in [-0.1, -0.05) is 29.8 Å². The van der Waals surface area contributed by atoms with E-state index in [9.17, 15) is 14.4 Å². The number of Topliss-reactive ketones (excluding diaryl/α,β-unsaturated/α-hetero) is 2. The van der Waals surface area contributed by atoms with Crippen molar-refractivity contribution in [2.24, 2.45) is 11.7 Å². The smallest absolute Gasteiger partial charge is 0.230 e. The molecule has 12 heteroatoms. The van der Waals surface area contributed by atoms with E-state index >= 15 is 0 Å². The standard InChI is InChI=1S/C22H41BrN2O9/c1-18(2)21(24)22(28)19(26)3-5-29-7-9-31-11-13-33-15-16-34-14-12-32-10-8-30-6-4-25-20(27)17-23/h18,21H,3-17,24H2,1-2H3,(H,25,27). The molecule has 0 fully saturated rings. The second kappa shape index (κ2) is 23.7. The predicted octanol–water partition coefficient (Wildman–Crippen LogP) is 0.109. The second-order valence-electron chi connectivity index (χ2n) is 7.47. The summed E-state index contributed by atoms with van der Waals surface area (Å²) in [7, 11) is 0. The largest absolute Gasteiger partial charge is 0.379 e. The van der Waals surface area contributed by atoms with Crippen LogP contribution in [0.2, 0.25) is 0 Å². The SMILES string of the molecule is CC(C)C(N)C(=O)C(=O)CCOCCOCCOCCOCCOCCOCCNC(=O)CBr. The summed E-state index contributed by atoms with van der Waals surface area (Å²) in [6.07, 6.45) is 0.0277. The first-order chi connectivity index (χ1) is 16.4. The zero-order chi connectivity index (χ0) is 25.4. The zero-order valence-corrected chi connectivity index (χ0v) is 22.0. The van der Waals surface area contributed by atoms with Crippen molar-refractivity contribution in [1.82, 2.24) is 5.32 Å². The third kappa shape index (κ3) is 20.4. The van der Waals surface area contributed by atoms with Crippen molar-refractivity contribution in [3.63, 3.8) is 0 Å². The Bertz CT molecular complexity index is 539. The lowest BCUT2D eigenvalue weighted by molar-refractivity contribution is -0.138. The molecule has 1 amide bonds. The molecular formula is C22H41BrN2O9. The van der Waals surface area contributed by atoms with E-state index in [2.05, 4.69) is 21.2 Å². The van der Waals surface area contributed by atoms with Crippen LogP contribution in [0, 0.1) is 5.92 Å². The number of ketones is 2. The van der Waals surface area contributed by atoms with E-state index in [1.165, 1.54) is 0 Å². The number of carbonyl (C=O) groups is 3. The van der Waals surface area contributed by atoms with Gasteiger partial charge in [-0.25, -0.2) is 0 Å². The molecule has 200 valence electrons. The van der Waals surface area contributed by atoms with Crippen LogP contribution < -0.4 is 11.1 Å². The summed E-state index contributed by atoms with van der Waals surface area (Å²) in [5, 5.41) is 2.97. The van der Waals surface area contributed by atoms with Gasteiger partial charge in [-0.05, 0) is 5.92 Å². The minimum Gasteiger partial charge on any atom is -0.379 e. The Morgan fingerprint density at radius 2 is 1.09 bits per heavy atom. The number of halogens is 1.